The predicted octanol–water partition coefficient (Wildman–Crippen LogP) is 1.08. The Hall–Kier alpha value is -1.17. The molecule has 0 aromatic heterocycles. The molecule has 6 heteroatoms. The molecule has 0 fully saturated rings. The van der Waals surface area contributed by atoms with E-state index in [0.717, 1.165) is 0 Å². The second kappa shape index (κ2) is 5.79. The van der Waals surface area contributed by atoms with Crippen LogP contribution in [0.1, 0.15) is 34.1 Å². The van der Waals surface area contributed by atoms with Gasteiger partial charge in [-0.05, 0) is 27.2 Å². The summed E-state index contributed by atoms with van der Waals surface area (Å²) in [5, 5.41) is 10.7. The molecule has 2 unspecified atom stereocenters. The number of nitrogens with one attached hydrogen (secondary N) is 1. The van der Waals surface area contributed by atoms with Gasteiger partial charge in [0.1, 0.15) is 6.04 Å². The normalized spacial score (nSPS) is 15.3. The summed E-state index contributed by atoms with van der Waals surface area (Å²) in [6.45, 7) is 6.38. The highest BCUT2D eigenvalue weighted by molar-refractivity contribution is 5.85. The lowest BCUT2D eigenvalue weighted by atomic mass is 10.2. The number of carbonyl (C=O) groups excluding carboxylic acids is 1. The maximum absolute atomic E-state index is 13.2. The fraction of sp³-hybridized carbons (Fsp3) is 0.800. The third-order valence-corrected chi connectivity index (χ3v) is 1.69. The second-order valence-electron chi connectivity index (χ2n) is 4.35. The second-order valence-corrected chi connectivity index (χ2v) is 4.35. The molecule has 1 amide bonds. The van der Waals surface area contributed by atoms with E-state index in [-0.39, 0.29) is 6.42 Å². The molecular weight excluding hydrogens is 217 g/mol. The maximum Gasteiger partial charge on any atom is 0.326 e. The Morgan fingerprint density at radius 3 is 2.25 bits per heavy atom. The van der Waals surface area contributed by atoms with Gasteiger partial charge >= 0.3 is 5.97 Å². The van der Waals surface area contributed by atoms with Gasteiger partial charge in [-0.2, -0.15) is 0 Å². The van der Waals surface area contributed by atoms with E-state index in [1.165, 1.54) is 0 Å². The number of carbonyl (C=O) groups is 2. The molecule has 0 aromatic rings. The molecule has 0 saturated carbocycles. The SMILES string of the molecule is CCC(NC(=O)C(F)OC(C)(C)C)C(=O)O. The Balaban J connectivity index is 4.29. The Morgan fingerprint density at radius 1 is 1.44 bits per heavy atom. The summed E-state index contributed by atoms with van der Waals surface area (Å²) < 4.78 is 18.0. The molecule has 0 aromatic carbocycles. The van der Waals surface area contributed by atoms with E-state index in [1.54, 1.807) is 27.7 Å². The molecule has 0 radical (unpaired) electrons. The van der Waals surface area contributed by atoms with Crippen molar-refractivity contribution in [1.82, 2.24) is 5.32 Å². The highest BCUT2D eigenvalue weighted by atomic mass is 19.1. The molecule has 0 aliphatic heterocycles. The van der Waals surface area contributed by atoms with Crippen molar-refractivity contribution in [3.8, 4) is 0 Å². The number of ether oxygens (including phenoxy) is 1. The number of halogens is 1. The van der Waals surface area contributed by atoms with E-state index in [4.69, 9.17) is 9.84 Å². The van der Waals surface area contributed by atoms with Gasteiger partial charge < -0.3 is 15.2 Å². The van der Waals surface area contributed by atoms with E-state index in [2.05, 4.69) is 5.32 Å². The number of carboxylic acids is 1. The van der Waals surface area contributed by atoms with Crippen LogP contribution in [-0.2, 0) is 14.3 Å². The van der Waals surface area contributed by atoms with Crippen molar-refractivity contribution in [2.24, 2.45) is 0 Å². The van der Waals surface area contributed by atoms with Crippen LogP contribution in [0.5, 0.6) is 0 Å². The van der Waals surface area contributed by atoms with Crippen LogP contribution < -0.4 is 5.32 Å². The fourth-order valence-electron chi connectivity index (χ4n) is 0.940. The number of aliphatic carboxylic acids is 1. The zero-order chi connectivity index (χ0) is 12.9. The number of amides is 1. The van der Waals surface area contributed by atoms with Gasteiger partial charge in [-0.15, -0.1) is 0 Å². The van der Waals surface area contributed by atoms with Crippen molar-refractivity contribution in [1.29, 1.82) is 0 Å². The summed E-state index contributed by atoms with van der Waals surface area (Å²) in [5.41, 5.74) is -0.804. The van der Waals surface area contributed by atoms with Crippen molar-refractivity contribution in [3.63, 3.8) is 0 Å². The van der Waals surface area contributed by atoms with Crippen LogP contribution in [0, 0.1) is 0 Å². The first-order valence-corrected chi connectivity index (χ1v) is 5.02. The summed E-state index contributed by atoms with van der Waals surface area (Å²) in [5.74, 6) is -2.26. The summed E-state index contributed by atoms with van der Waals surface area (Å²) in [4.78, 5) is 21.8. The zero-order valence-electron chi connectivity index (χ0n) is 9.91. The summed E-state index contributed by atoms with van der Waals surface area (Å²) in [6.07, 6.45) is -1.98. The molecule has 0 heterocycles. The van der Waals surface area contributed by atoms with Crippen molar-refractivity contribution in [2.45, 2.75) is 52.1 Å². The van der Waals surface area contributed by atoms with Crippen molar-refractivity contribution in [2.75, 3.05) is 0 Å². The molecule has 0 saturated heterocycles. The minimum Gasteiger partial charge on any atom is -0.480 e. The molecule has 0 aliphatic carbocycles. The summed E-state index contributed by atoms with van der Waals surface area (Å²) in [6, 6.07) is -1.09. The van der Waals surface area contributed by atoms with Crippen LogP contribution in [0.3, 0.4) is 0 Å². The van der Waals surface area contributed by atoms with E-state index in [1.807, 2.05) is 0 Å². The van der Waals surface area contributed by atoms with Crippen molar-refractivity contribution >= 4 is 11.9 Å². The lowest BCUT2D eigenvalue weighted by Crippen LogP contribution is -2.46. The minimum absolute atomic E-state index is 0.184. The summed E-state index contributed by atoms with van der Waals surface area (Å²) >= 11 is 0. The standard InChI is InChI=1S/C10H18FNO4/c1-5-6(9(14)15)12-8(13)7(11)16-10(2,3)4/h6-7H,5H2,1-4H3,(H,12,13)(H,14,15). The first-order chi connectivity index (χ1) is 7.17. The number of hydrogen-bond donors (Lipinski definition) is 2. The Labute approximate surface area is 94.0 Å². The van der Waals surface area contributed by atoms with Gasteiger partial charge in [-0.1, -0.05) is 6.92 Å². The maximum atomic E-state index is 13.2. The van der Waals surface area contributed by atoms with Crippen LogP contribution in [0.2, 0.25) is 0 Å². The number of alkyl halides is 1. The van der Waals surface area contributed by atoms with Crippen LogP contribution in [0.25, 0.3) is 0 Å². The average Bonchev–Trinajstić information content (AvgIpc) is 2.10. The van der Waals surface area contributed by atoms with E-state index in [0.29, 0.717) is 0 Å². The smallest absolute Gasteiger partial charge is 0.326 e. The van der Waals surface area contributed by atoms with Gasteiger partial charge in [0.2, 0.25) is 0 Å². The van der Waals surface area contributed by atoms with Gasteiger partial charge in [-0.3, -0.25) is 4.79 Å². The Kier molecular flexibility index (Phi) is 5.37. The first-order valence-electron chi connectivity index (χ1n) is 5.02. The lowest BCUT2D eigenvalue weighted by Gasteiger charge is -2.22. The van der Waals surface area contributed by atoms with Crippen LogP contribution in [0.4, 0.5) is 4.39 Å². The van der Waals surface area contributed by atoms with Gasteiger partial charge in [0.25, 0.3) is 12.3 Å². The van der Waals surface area contributed by atoms with Gasteiger partial charge in [-0.25, -0.2) is 9.18 Å². The zero-order valence-corrected chi connectivity index (χ0v) is 9.91. The van der Waals surface area contributed by atoms with Gasteiger partial charge in [0.05, 0.1) is 5.60 Å². The summed E-state index contributed by atoms with van der Waals surface area (Å²) in [7, 11) is 0. The van der Waals surface area contributed by atoms with Gasteiger partial charge in [0.15, 0.2) is 0 Å². The van der Waals surface area contributed by atoms with Gasteiger partial charge in [0, 0.05) is 0 Å². The molecule has 0 bridgehead atoms. The molecule has 16 heavy (non-hydrogen) atoms. The van der Waals surface area contributed by atoms with E-state index >= 15 is 0 Å². The van der Waals surface area contributed by atoms with Crippen LogP contribution in [-0.4, -0.2) is 35.0 Å². The molecular formula is C10H18FNO4. The molecule has 5 nitrogen and oxygen atoms in total. The topological polar surface area (TPSA) is 75.6 Å². The predicted molar refractivity (Wildman–Crippen MR) is 55.6 cm³/mol. The number of hydrogen-bond acceptors (Lipinski definition) is 3. The molecule has 94 valence electrons. The highest BCUT2D eigenvalue weighted by Gasteiger charge is 2.27. The lowest BCUT2D eigenvalue weighted by molar-refractivity contribution is -0.164. The Morgan fingerprint density at radius 2 is 1.94 bits per heavy atom. The number of carboxylic acid groups (broad SMARTS) is 1. The molecule has 2 atom stereocenters. The first kappa shape index (κ1) is 14.8. The minimum atomic E-state index is -2.16. The highest BCUT2D eigenvalue weighted by Crippen LogP contribution is 2.12. The quantitative estimate of drug-likeness (QED) is 0.747. The van der Waals surface area contributed by atoms with Crippen LogP contribution in [0.15, 0.2) is 0 Å². The van der Waals surface area contributed by atoms with E-state index in [9.17, 15) is 14.0 Å². The van der Waals surface area contributed by atoms with Crippen molar-refractivity contribution in [3.05, 3.63) is 0 Å². The number of rotatable bonds is 5. The third-order valence-electron chi connectivity index (χ3n) is 1.69. The monoisotopic (exact) mass is 235 g/mol. The van der Waals surface area contributed by atoms with Crippen LogP contribution >= 0.6 is 0 Å². The molecule has 0 rings (SSSR count). The third kappa shape index (κ3) is 5.65. The van der Waals surface area contributed by atoms with Crippen molar-refractivity contribution < 1.29 is 23.8 Å². The molecule has 0 spiro atoms. The fourth-order valence-corrected chi connectivity index (χ4v) is 0.940. The van der Waals surface area contributed by atoms with E-state index < -0.39 is 29.9 Å². The molecule has 2 N–H and O–H groups in total. The Bertz CT molecular complexity index is 262. The average molecular weight is 235 g/mol. The molecule has 0 aliphatic rings. The largest absolute Gasteiger partial charge is 0.480 e.